The first-order chi connectivity index (χ1) is 14.7. The van der Waals surface area contributed by atoms with Gasteiger partial charge in [0.15, 0.2) is 0 Å². The van der Waals surface area contributed by atoms with E-state index in [4.69, 9.17) is 4.74 Å². The minimum Gasteiger partial charge on any atom is -0.508 e. The standard InChI is InChI=1S/C23H22N4O2S/c1-27-21-12-11-20(28)15-22(21)30-23(27)26-25-19-9-7-18(8-10-19)24-13-14-29-16-17-5-3-2-4-6-17/h2-12,15,28H,13-14,16H2,1H3/p+1. The van der Waals surface area contributed by atoms with Gasteiger partial charge in [-0.25, -0.2) is 4.57 Å². The summed E-state index contributed by atoms with van der Waals surface area (Å²) < 4.78 is 8.62. The largest absolute Gasteiger partial charge is 0.508 e. The first kappa shape index (κ1) is 20.0. The van der Waals surface area contributed by atoms with Crippen LogP contribution in [-0.4, -0.2) is 18.3 Å². The van der Waals surface area contributed by atoms with Crippen molar-refractivity contribution in [1.82, 2.24) is 0 Å². The van der Waals surface area contributed by atoms with E-state index in [9.17, 15) is 5.11 Å². The summed E-state index contributed by atoms with van der Waals surface area (Å²) in [6.45, 7) is 1.99. The third-order valence-corrected chi connectivity index (χ3v) is 5.68. The van der Waals surface area contributed by atoms with Crippen molar-refractivity contribution in [3.8, 4) is 5.75 Å². The number of benzene rings is 3. The molecule has 0 atom stereocenters. The Morgan fingerprint density at radius 2 is 1.80 bits per heavy atom. The van der Waals surface area contributed by atoms with Crippen LogP contribution in [0.3, 0.4) is 0 Å². The van der Waals surface area contributed by atoms with E-state index in [0.717, 1.165) is 33.3 Å². The van der Waals surface area contributed by atoms with Crippen molar-refractivity contribution in [2.24, 2.45) is 17.3 Å². The van der Waals surface area contributed by atoms with Crippen molar-refractivity contribution in [2.45, 2.75) is 6.61 Å². The van der Waals surface area contributed by atoms with Crippen LogP contribution in [0.4, 0.5) is 16.5 Å². The summed E-state index contributed by atoms with van der Waals surface area (Å²) in [5, 5.41) is 22.5. The fraction of sp³-hybridized carbons (Fsp3) is 0.174. The molecule has 0 aliphatic carbocycles. The second-order valence-corrected chi connectivity index (χ2v) is 7.82. The van der Waals surface area contributed by atoms with E-state index in [1.165, 1.54) is 16.9 Å². The van der Waals surface area contributed by atoms with E-state index in [-0.39, 0.29) is 5.75 Å². The van der Waals surface area contributed by atoms with Crippen molar-refractivity contribution in [3.05, 3.63) is 78.4 Å². The zero-order chi connectivity index (χ0) is 20.8. The van der Waals surface area contributed by atoms with Crippen molar-refractivity contribution in [2.75, 3.05) is 18.5 Å². The summed E-state index contributed by atoms with van der Waals surface area (Å²) in [6.07, 6.45) is 0. The van der Waals surface area contributed by atoms with Crippen molar-refractivity contribution < 1.29 is 14.4 Å². The molecule has 152 valence electrons. The fourth-order valence-electron chi connectivity index (χ4n) is 3.00. The number of fused-ring (bicyclic) bond motifs is 1. The van der Waals surface area contributed by atoms with Gasteiger partial charge in [0.2, 0.25) is 0 Å². The molecule has 0 unspecified atom stereocenters. The molecule has 6 nitrogen and oxygen atoms in total. The third-order valence-electron chi connectivity index (χ3n) is 4.60. The number of phenolic OH excluding ortho intramolecular Hbond substituents is 1. The van der Waals surface area contributed by atoms with Gasteiger partial charge in [0, 0.05) is 18.3 Å². The summed E-state index contributed by atoms with van der Waals surface area (Å²) in [5.74, 6) is 0.251. The van der Waals surface area contributed by atoms with Gasteiger partial charge in [-0.2, -0.15) is 0 Å². The van der Waals surface area contributed by atoms with E-state index >= 15 is 0 Å². The molecule has 0 fully saturated rings. The maximum Gasteiger partial charge on any atom is 0.409 e. The molecule has 0 aliphatic rings. The van der Waals surface area contributed by atoms with Gasteiger partial charge in [0.05, 0.1) is 30.1 Å². The number of aromatic hydroxyl groups is 1. The Hall–Kier alpha value is -3.29. The molecule has 0 bridgehead atoms. The summed E-state index contributed by atoms with van der Waals surface area (Å²) >= 11 is 1.49. The zero-order valence-electron chi connectivity index (χ0n) is 16.7. The Kier molecular flexibility index (Phi) is 6.32. The normalized spacial score (nSPS) is 11.4. The molecular weight excluding hydrogens is 396 g/mol. The van der Waals surface area contributed by atoms with Gasteiger partial charge in [0.25, 0.3) is 0 Å². The maximum absolute atomic E-state index is 9.64. The Morgan fingerprint density at radius 3 is 2.60 bits per heavy atom. The highest BCUT2D eigenvalue weighted by Crippen LogP contribution is 2.29. The van der Waals surface area contributed by atoms with Crippen LogP contribution < -0.4 is 9.88 Å². The lowest BCUT2D eigenvalue weighted by molar-refractivity contribution is -0.627. The van der Waals surface area contributed by atoms with E-state index in [1.54, 1.807) is 12.1 Å². The van der Waals surface area contributed by atoms with Crippen LogP contribution in [0.15, 0.2) is 83.0 Å². The number of nitrogens with zero attached hydrogens (tertiary/aromatic N) is 3. The van der Waals surface area contributed by atoms with Crippen LogP contribution in [0.2, 0.25) is 0 Å². The van der Waals surface area contributed by atoms with Gasteiger partial charge in [-0.05, 0) is 58.4 Å². The highest BCUT2D eigenvalue weighted by atomic mass is 32.1. The monoisotopic (exact) mass is 419 g/mol. The summed E-state index contributed by atoms with van der Waals surface area (Å²) in [6, 6.07) is 23.3. The molecule has 3 aromatic carbocycles. The molecule has 30 heavy (non-hydrogen) atoms. The van der Waals surface area contributed by atoms with Crippen LogP contribution >= 0.6 is 11.3 Å². The summed E-state index contributed by atoms with van der Waals surface area (Å²) in [7, 11) is 1.94. The number of aromatic nitrogens is 1. The molecular formula is C23H23N4O2S+. The van der Waals surface area contributed by atoms with Crippen molar-refractivity contribution >= 4 is 38.1 Å². The molecule has 0 saturated heterocycles. The lowest BCUT2D eigenvalue weighted by Gasteiger charge is -2.07. The molecule has 0 saturated carbocycles. The number of rotatable bonds is 8. The van der Waals surface area contributed by atoms with Gasteiger partial charge >= 0.3 is 5.13 Å². The highest BCUT2D eigenvalue weighted by Gasteiger charge is 2.16. The Balaban J connectivity index is 1.29. The van der Waals surface area contributed by atoms with Crippen molar-refractivity contribution in [3.63, 3.8) is 0 Å². The maximum atomic E-state index is 9.64. The molecule has 2 N–H and O–H groups in total. The first-order valence-corrected chi connectivity index (χ1v) is 10.5. The molecule has 0 aliphatic heterocycles. The van der Waals surface area contributed by atoms with Gasteiger partial charge in [-0.3, -0.25) is 0 Å². The van der Waals surface area contributed by atoms with Crippen LogP contribution in [-0.2, 0) is 18.4 Å². The number of nitrogens with one attached hydrogen (secondary N) is 1. The second-order valence-electron chi connectivity index (χ2n) is 6.81. The second kappa shape index (κ2) is 9.47. The minimum absolute atomic E-state index is 0.251. The number of hydrogen-bond acceptors (Lipinski definition) is 6. The average Bonchev–Trinajstić information content (AvgIpc) is 3.08. The Labute approximate surface area is 179 Å². The molecule has 4 rings (SSSR count). The fourth-order valence-corrected chi connectivity index (χ4v) is 4.00. The Bertz CT molecular complexity index is 1140. The lowest BCUT2D eigenvalue weighted by Crippen LogP contribution is -2.25. The molecule has 7 heteroatoms. The molecule has 0 amide bonds. The molecule has 0 spiro atoms. The number of thiazole rings is 1. The number of aryl methyl sites for hydroxylation is 1. The molecule has 0 radical (unpaired) electrons. The van der Waals surface area contributed by atoms with Gasteiger partial charge in [-0.15, -0.1) is 0 Å². The van der Waals surface area contributed by atoms with E-state index in [1.807, 2.05) is 60.1 Å². The SMILES string of the molecule is C[n+]1c(/N=N/c2ccc(NCCOCc3ccccc3)cc2)sc2cc(O)ccc21. The molecule has 1 heterocycles. The predicted molar refractivity (Wildman–Crippen MR) is 120 cm³/mol. The number of azo groups is 1. The quantitative estimate of drug-likeness (QED) is 0.226. The molecule has 1 aromatic heterocycles. The van der Waals surface area contributed by atoms with Gasteiger partial charge < -0.3 is 15.2 Å². The minimum atomic E-state index is 0.251. The van der Waals surface area contributed by atoms with Gasteiger partial charge in [-0.1, -0.05) is 30.3 Å². The number of ether oxygens (including phenoxy) is 1. The topological polar surface area (TPSA) is 70.1 Å². The number of anilines is 1. The summed E-state index contributed by atoms with van der Waals surface area (Å²) in [4.78, 5) is 0. The van der Waals surface area contributed by atoms with E-state index in [0.29, 0.717) is 13.2 Å². The zero-order valence-corrected chi connectivity index (χ0v) is 17.5. The average molecular weight is 420 g/mol. The summed E-state index contributed by atoms with van der Waals surface area (Å²) in [5.41, 5.74) is 3.98. The first-order valence-electron chi connectivity index (χ1n) is 9.68. The smallest absolute Gasteiger partial charge is 0.409 e. The third kappa shape index (κ3) is 5.00. The highest BCUT2D eigenvalue weighted by molar-refractivity contribution is 7.21. The molecule has 4 aromatic rings. The van der Waals surface area contributed by atoms with E-state index in [2.05, 4.69) is 27.7 Å². The predicted octanol–water partition coefficient (Wildman–Crippen LogP) is 5.48. The lowest BCUT2D eigenvalue weighted by atomic mass is 10.2. The van der Waals surface area contributed by atoms with Crippen molar-refractivity contribution in [1.29, 1.82) is 0 Å². The van der Waals surface area contributed by atoms with Crippen LogP contribution in [0, 0.1) is 0 Å². The number of hydrogen-bond donors (Lipinski definition) is 2. The van der Waals surface area contributed by atoms with Gasteiger partial charge in [0.1, 0.15) is 17.0 Å². The van der Waals surface area contributed by atoms with Crippen LogP contribution in [0.5, 0.6) is 5.75 Å². The Morgan fingerprint density at radius 1 is 1.00 bits per heavy atom. The van der Waals surface area contributed by atoms with Crippen LogP contribution in [0.1, 0.15) is 5.56 Å². The van der Waals surface area contributed by atoms with Crippen LogP contribution in [0.25, 0.3) is 10.2 Å². The number of phenols is 1. The van der Waals surface area contributed by atoms with E-state index < -0.39 is 0 Å².